The van der Waals surface area contributed by atoms with Crippen molar-refractivity contribution in [3.63, 3.8) is 0 Å². The van der Waals surface area contributed by atoms with Crippen LogP contribution >= 0.6 is 0 Å². The highest BCUT2D eigenvalue weighted by Crippen LogP contribution is 2.30. The SMILES string of the molecule is COc1cc(CN(CCCCc2ccccc2)C(=O)N[C@H](Cc2ccccc2)C(=O)O)cc(OC)c1C. The van der Waals surface area contributed by atoms with Gasteiger partial charge >= 0.3 is 12.0 Å². The summed E-state index contributed by atoms with van der Waals surface area (Å²) in [6.07, 6.45) is 2.80. The summed E-state index contributed by atoms with van der Waals surface area (Å²) in [6.45, 7) is 2.69. The highest BCUT2D eigenvalue weighted by atomic mass is 16.5. The van der Waals surface area contributed by atoms with Crippen LogP contribution < -0.4 is 14.8 Å². The molecule has 0 aliphatic rings. The Morgan fingerprint density at radius 3 is 1.97 bits per heavy atom. The van der Waals surface area contributed by atoms with Crippen LogP contribution in [0.5, 0.6) is 11.5 Å². The van der Waals surface area contributed by atoms with Gasteiger partial charge in [0.2, 0.25) is 0 Å². The molecule has 0 unspecified atom stereocenters. The van der Waals surface area contributed by atoms with Crippen LogP contribution in [0.1, 0.15) is 35.1 Å². The quantitative estimate of drug-likeness (QED) is 0.311. The average Bonchev–Trinajstić information content (AvgIpc) is 2.91. The van der Waals surface area contributed by atoms with Crippen molar-refractivity contribution in [2.45, 2.75) is 45.2 Å². The molecule has 0 radical (unpaired) electrons. The molecule has 0 saturated heterocycles. The first-order valence-corrected chi connectivity index (χ1v) is 12.5. The molecule has 2 N–H and O–H groups in total. The first-order valence-electron chi connectivity index (χ1n) is 12.5. The molecule has 0 fully saturated rings. The van der Waals surface area contributed by atoms with Crippen LogP contribution in [-0.2, 0) is 24.2 Å². The molecule has 0 spiro atoms. The number of benzene rings is 3. The van der Waals surface area contributed by atoms with Crippen molar-refractivity contribution in [2.24, 2.45) is 0 Å². The molecule has 3 aromatic rings. The first-order chi connectivity index (χ1) is 17.9. The number of ether oxygens (including phenoxy) is 2. The lowest BCUT2D eigenvalue weighted by molar-refractivity contribution is -0.139. The number of carbonyl (C=O) groups excluding carboxylic acids is 1. The number of nitrogens with zero attached hydrogens (tertiary/aromatic N) is 1. The van der Waals surface area contributed by atoms with Gasteiger partial charge in [-0.1, -0.05) is 60.7 Å². The zero-order valence-corrected chi connectivity index (χ0v) is 21.8. The molecule has 0 saturated carbocycles. The van der Waals surface area contributed by atoms with Crippen molar-refractivity contribution in [2.75, 3.05) is 20.8 Å². The molecular weight excluding hydrogens is 468 g/mol. The van der Waals surface area contributed by atoms with E-state index in [-0.39, 0.29) is 6.42 Å². The van der Waals surface area contributed by atoms with Crippen molar-refractivity contribution < 1.29 is 24.2 Å². The fourth-order valence-electron chi connectivity index (χ4n) is 4.27. The van der Waals surface area contributed by atoms with E-state index in [1.165, 1.54) is 5.56 Å². The maximum absolute atomic E-state index is 13.4. The predicted molar refractivity (Wildman–Crippen MR) is 144 cm³/mol. The summed E-state index contributed by atoms with van der Waals surface area (Å²) in [5, 5.41) is 12.5. The maximum Gasteiger partial charge on any atom is 0.326 e. The molecule has 2 amide bonds. The molecule has 7 heteroatoms. The van der Waals surface area contributed by atoms with Gasteiger partial charge in [-0.05, 0) is 55.0 Å². The number of hydrogen-bond donors (Lipinski definition) is 2. The van der Waals surface area contributed by atoms with E-state index >= 15 is 0 Å². The van der Waals surface area contributed by atoms with E-state index < -0.39 is 18.0 Å². The van der Waals surface area contributed by atoms with Gasteiger partial charge in [-0.25, -0.2) is 9.59 Å². The number of rotatable bonds is 13. The van der Waals surface area contributed by atoms with Gasteiger partial charge in [-0.3, -0.25) is 0 Å². The summed E-state index contributed by atoms with van der Waals surface area (Å²) < 4.78 is 11.0. The summed E-state index contributed by atoms with van der Waals surface area (Å²) in [5.41, 5.74) is 3.81. The van der Waals surface area contributed by atoms with Gasteiger partial charge < -0.3 is 24.8 Å². The minimum absolute atomic E-state index is 0.204. The zero-order chi connectivity index (χ0) is 26.6. The summed E-state index contributed by atoms with van der Waals surface area (Å²) in [4.78, 5) is 27.0. The summed E-state index contributed by atoms with van der Waals surface area (Å²) in [6, 6.07) is 21.8. The third-order valence-corrected chi connectivity index (χ3v) is 6.34. The number of unbranched alkanes of at least 4 members (excludes halogenated alkanes) is 1. The second-order valence-electron chi connectivity index (χ2n) is 9.02. The summed E-state index contributed by atoms with van der Waals surface area (Å²) >= 11 is 0. The second kappa shape index (κ2) is 13.9. The normalized spacial score (nSPS) is 11.4. The molecule has 7 nitrogen and oxygen atoms in total. The molecule has 0 aromatic heterocycles. The van der Waals surface area contributed by atoms with Gasteiger partial charge in [-0.15, -0.1) is 0 Å². The molecule has 1 atom stereocenters. The summed E-state index contributed by atoms with van der Waals surface area (Å²) in [5.74, 6) is 0.275. The molecule has 0 heterocycles. The number of aryl methyl sites for hydroxylation is 1. The summed E-state index contributed by atoms with van der Waals surface area (Å²) in [7, 11) is 3.20. The largest absolute Gasteiger partial charge is 0.496 e. The van der Waals surface area contributed by atoms with E-state index in [2.05, 4.69) is 17.4 Å². The number of hydrogen-bond acceptors (Lipinski definition) is 4. The van der Waals surface area contributed by atoms with Gasteiger partial charge in [0.25, 0.3) is 0 Å². The molecule has 3 rings (SSSR count). The Hall–Kier alpha value is -4.00. The molecule has 3 aromatic carbocycles. The smallest absolute Gasteiger partial charge is 0.326 e. The fraction of sp³-hybridized carbons (Fsp3) is 0.333. The van der Waals surface area contributed by atoms with Crippen LogP contribution in [0.25, 0.3) is 0 Å². The number of carboxylic acids is 1. The molecular formula is C30H36N2O5. The van der Waals surface area contributed by atoms with E-state index in [0.29, 0.717) is 24.6 Å². The molecule has 0 aliphatic heterocycles. The van der Waals surface area contributed by atoms with Gasteiger partial charge in [0, 0.05) is 25.1 Å². The Balaban J connectivity index is 1.75. The van der Waals surface area contributed by atoms with Gasteiger partial charge in [-0.2, -0.15) is 0 Å². The van der Waals surface area contributed by atoms with Gasteiger partial charge in [0.15, 0.2) is 0 Å². The van der Waals surface area contributed by atoms with Crippen LogP contribution in [0, 0.1) is 6.92 Å². The lowest BCUT2D eigenvalue weighted by Crippen LogP contribution is -2.49. The first kappa shape index (κ1) is 27.6. The van der Waals surface area contributed by atoms with Crippen molar-refractivity contribution in [3.8, 4) is 11.5 Å². The Kier molecular flexibility index (Phi) is 10.4. The number of urea groups is 1. The van der Waals surface area contributed by atoms with Crippen molar-refractivity contribution >= 4 is 12.0 Å². The lowest BCUT2D eigenvalue weighted by atomic mass is 10.1. The van der Waals surface area contributed by atoms with Gasteiger partial charge in [0.05, 0.1) is 14.2 Å². The molecule has 37 heavy (non-hydrogen) atoms. The Bertz CT molecular complexity index is 1130. The lowest BCUT2D eigenvalue weighted by Gasteiger charge is -2.26. The van der Waals surface area contributed by atoms with Crippen LogP contribution in [0.15, 0.2) is 72.8 Å². The average molecular weight is 505 g/mol. The Morgan fingerprint density at radius 1 is 0.865 bits per heavy atom. The third kappa shape index (κ3) is 8.27. The molecule has 0 bridgehead atoms. The van der Waals surface area contributed by atoms with Crippen LogP contribution in [-0.4, -0.2) is 48.8 Å². The number of carbonyl (C=O) groups is 2. The monoisotopic (exact) mass is 504 g/mol. The highest BCUT2D eigenvalue weighted by Gasteiger charge is 2.24. The standard InChI is InChI=1S/C30H36N2O5/c1-22-27(36-2)19-25(20-28(22)37-3)21-32(17-11-10-14-23-12-6-4-7-13-23)30(35)31-26(29(33)34)18-24-15-8-5-9-16-24/h4-9,12-13,15-16,19-20,26H,10-11,14,17-18,21H2,1-3H3,(H,31,35)(H,33,34)/t26-/m1/s1. The molecule has 196 valence electrons. The number of aliphatic carboxylic acids is 1. The van der Waals surface area contributed by atoms with Crippen LogP contribution in [0.4, 0.5) is 4.79 Å². The van der Waals surface area contributed by atoms with Crippen LogP contribution in [0.3, 0.4) is 0 Å². The van der Waals surface area contributed by atoms with Crippen molar-refractivity contribution in [1.82, 2.24) is 10.2 Å². The number of amides is 2. The number of methoxy groups -OCH3 is 2. The Labute approximate surface area is 219 Å². The Morgan fingerprint density at radius 2 is 1.43 bits per heavy atom. The zero-order valence-electron chi connectivity index (χ0n) is 21.8. The van der Waals surface area contributed by atoms with E-state index in [0.717, 1.165) is 36.0 Å². The number of carboxylic acid groups (broad SMARTS) is 1. The van der Waals surface area contributed by atoms with E-state index in [1.54, 1.807) is 19.1 Å². The van der Waals surface area contributed by atoms with Crippen molar-refractivity contribution in [3.05, 3.63) is 95.1 Å². The van der Waals surface area contributed by atoms with Gasteiger partial charge in [0.1, 0.15) is 17.5 Å². The van der Waals surface area contributed by atoms with E-state index in [9.17, 15) is 14.7 Å². The van der Waals surface area contributed by atoms with E-state index in [1.807, 2.05) is 67.6 Å². The minimum atomic E-state index is -1.07. The van der Waals surface area contributed by atoms with Crippen LogP contribution in [0.2, 0.25) is 0 Å². The number of nitrogens with one attached hydrogen (secondary N) is 1. The van der Waals surface area contributed by atoms with E-state index in [4.69, 9.17) is 9.47 Å². The minimum Gasteiger partial charge on any atom is -0.496 e. The van der Waals surface area contributed by atoms with Crippen molar-refractivity contribution in [1.29, 1.82) is 0 Å². The second-order valence-corrected chi connectivity index (χ2v) is 9.02. The highest BCUT2D eigenvalue weighted by molar-refractivity contribution is 5.82. The topological polar surface area (TPSA) is 88.1 Å². The molecule has 0 aliphatic carbocycles. The fourth-order valence-corrected chi connectivity index (χ4v) is 4.27. The predicted octanol–water partition coefficient (Wildman–Crippen LogP) is 5.24. The third-order valence-electron chi connectivity index (χ3n) is 6.34. The maximum atomic E-state index is 13.4.